The first-order valence-electron chi connectivity index (χ1n) is 7.89. The van der Waals surface area contributed by atoms with Crippen LogP contribution in [0.4, 0.5) is 11.6 Å². The van der Waals surface area contributed by atoms with Gasteiger partial charge < -0.3 is 14.6 Å². The first-order valence-corrected chi connectivity index (χ1v) is 8.70. The summed E-state index contributed by atoms with van der Waals surface area (Å²) in [5, 5.41) is 3.36. The number of benzene rings is 1. The molecule has 0 radical (unpaired) electrons. The van der Waals surface area contributed by atoms with Crippen LogP contribution in [-0.4, -0.2) is 24.2 Å². The van der Waals surface area contributed by atoms with Gasteiger partial charge in [-0.3, -0.25) is 4.79 Å². The molecule has 1 aliphatic rings. The molecular formula is C18H19N3O2S. The summed E-state index contributed by atoms with van der Waals surface area (Å²) in [4.78, 5) is 19.2. The zero-order valence-corrected chi connectivity index (χ0v) is 14.5. The van der Waals surface area contributed by atoms with E-state index in [0.29, 0.717) is 15.8 Å². The van der Waals surface area contributed by atoms with E-state index >= 15 is 0 Å². The molecule has 1 aromatic heterocycles. The predicted octanol–water partition coefficient (Wildman–Crippen LogP) is 4.02. The number of nitrogens with one attached hydrogen (secondary N) is 1. The van der Waals surface area contributed by atoms with Gasteiger partial charge >= 0.3 is 0 Å². The quantitative estimate of drug-likeness (QED) is 0.835. The highest BCUT2D eigenvalue weighted by Gasteiger charge is 2.24. The van der Waals surface area contributed by atoms with Crippen molar-refractivity contribution in [1.29, 1.82) is 0 Å². The Kier molecular flexibility index (Phi) is 5.05. The molecule has 0 atom stereocenters. The van der Waals surface area contributed by atoms with Crippen molar-refractivity contribution in [2.75, 3.05) is 18.0 Å². The number of furan rings is 1. The van der Waals surface area contributed by atoms with Gasteiger partial charge in [0.15, 0.2) is 11.1 Å². The lowest BCUT2D eigenvalue weighted by atomic mass is 10.3. The molecule has 1 fully saturated rings. The minimum absolute atomic E-state index is 0.157. The van der Waals surface area contributed by atoms with Crippen LogP contribution in [0.1, 0.15) is 19.6 Å². The second-order valence-electron chi connectivity index (χ2n) is 5.17. The van der Waals surface area contributed by atoms with Crippen molar-refractivity contribution in [1.82, 2.24) is 5.32 Å². The summed E-state index contributed by atoms with van der Waals surface area (Å²) in [6.45, 7) is 5.92. The average molecular weight is 341 g/mol. The van der Waals surface area contributed by atoms with E-state index in [1.54, 1.807) is 6.08 Å². The number of aliphatic imine (C=N–C) groups is 1. The number of thioether (sulfide) groups is 1. The van der Waals surface area contributed by atoms with Crippen LogP contribution in [0.5, 0.6) is 0 Å². The number of nitrogens with zero attached hydrogens (tertiary/aromatic N) is 2. The van der Waals surface area contributed by atoms with E-state index in [4.69, 9.17) is 4.42 Å². The fourth-order valence-electron chi connectivity index (χ4n) is 2.35. The minimum Gasteiger partial charge on any atom is -0.441 e. The van der Waals surface area contributed by atoms with Crippen molar-refractivity contribution in [2.45, 2.75) is 13.8 Å². The maximum Gasteiger partial charge on any atom is 0.264 e. The Balaban J connectivity index is 1.77. The maximum absolute atomic E-state index is 12.1. The predicted molar refractivity (Wildman–Crippen MR) is 99.5 cm³/mol. The zero-order chi connectivity index (χ0) is 16.9. The van der Waals surface area contributed by atoms with Crippen LogP contribution in [0.25, 0.3) is 6.08 Å². The zero-order valence-electron chi connectivity index (χ0n) is 13.7. The van der Waals surface area contributed by atoms with Crippen LogP contribution in [0.15, 0.2) is 56.8 Å². The highest BCUT2D eigenvalue weighted by Crippen LogP contribution is 2.29. The van der Waals surface area contributed by atoms with Gasteiger partial charge in [-0.05, 0) is 43.8 Å². The van der Waals surface area contributed by atoms with E-state index < -0.39 is 0 Å². The van der Waals surface area contributed by atoms with Gasteiger partial charge in [0.2, 0.25) is 0 Å². The molecule has 2 aromatic rings. The molecule has 1 saturated heterocycles. The van der Waals surface area contributed by atoms with Gasteiger partial charge in [0.25, 0.3) is 5.91 Å². The van der Waals surface area contributed by atoms with Crippen LogP contribution < -0.4 is 10.2 Å². The number of para-hydroxylation sites is 1. The Bertz CT molecular complexity index is 777. The number of amides is 1. The lowest BCUT2D eigenvalue weighted by Gasteiger charge is -2.16. The molecule has 1 aromatic carbocycles. The summed E-state index contributed by atoms with van der Waals surface area (Å²) in [5.74, 6) is 1.32. The third-order valence-corrected chi connectivity index (χ3v) is 4.51. The van der Waals surface area contributed by atoms with Gasteiger partial charge in [-0.25, -0.2) is 4.99 Å². The van der Waals surface area contributed by atoms with Gasteiger partial charge in [-0.2, -0.15) is 0 Å². The van der Waals surface area contributed by atoms with Gasteiger partial charge in [0.1, 0.15) is 5.76 Å². The van der Waals surface area contributed by atoms with E-state index in [9.17, 15) is 4.79 Å². The topological polar surface area (TPSA) is 57.8 Å². The summed E-state index contributed by atoms with van der Waals surface area (Å²) in [6, 6.07) is 13.3. The van der Waals surface area contributed by atoms with Crippen molar-refractivity contribution >= 4 is 40.5 Å². The number of hydrogen-bond acceptors (Lipinski definition) is 5. The second-order valence-corrected chi connectivity index (χ2v) is 6.20. The summed E-state index contributed by atoms with van der Waals surface area (Å²) in [6.07, 6.45) is 1.75. The van der Waals surface area contributed by atoms with Crippen molar-refractivity contribution < 1.29 is 9.21 Å². The minimum atomic E-state index is -0.157. The molecule has 124 valence electrons. The Labute approximate surface area is 145 Å². The highest BCUT2D eigenvalue weighted by molar-refractivity contribution is 8.18. The van der Waals surface area contributed by atoms with E-state index in [2.05, 4.69) is 29.1 Å². The molecule has 1 amide bonds. The fourth-order valence-corrected chi connectivity index (χ4v) is 3.18. The Hall–Kier alpha value is -2.47. The van der Waals surface area contributed by atoms with E-state index in [1.807, 2.05) is 42.5 Å². The van der Waals surface area contributed by atoms with Crippen molar-refractivity contribution in [2.24, 2.45) is 4.99 Å². The fraction of sp³-hybridized carbons (Fsp3) is 0.222. The molecule has 0 spiro atoms. The smallest absolute Gasteiger partial charge is 0.264 e. The molecular weight excluding hydrogens is 322 g/mol. The van der Waals surface area contributed by atoms with Crippen molar-refractivity contribution in [3.05, 3.63) is 53.1 Å². The monoisotopic (exact) mass is 341 g/mol. The standard InChI is InChI=1S/C18H19N3O2S/c1-3-21(4-2)16-11-10-14(23-16)12-15-17(22)20-18(24-15)19-13-8-6-5-7-9-13/h5-12H,3-4H2,1-2H3,(H,19,20,22)/b15-12-. The summed E-state index contributed by atoms with van der Waals surface area (Å²) >= 11 is 1.31. The SMILES string of the molecule is CCN(CC)c1ccc(/C=C2\SC(=Nc3ccccc3)NC2=O)o1. The molecule has 0 saturated carbocycles. The number of anilines is 1. The van der Waals surface area contributed by atoms with Gasteiger partial charge in [-0.15, -0.1) is 0 Å². The lowest BCUT2D eigenvalue weighted by molar-refractivity contribution is -0.115. The molecule has 3 rings (SSSR count). The van der Waals surface area contributed by atoms with Crippen LogP contribution in [0.2, 0.25) is 0 Å². The number of hydrogen-bond donors (Lipinski definition) is 1. The summed E-state index contributed by atoms with van der Waals surface area (Å²) in [5.41, 5.74) is 0.809. The summed E-state index contributed by atoms with van der Waals surface area (Å²) in [7, 11) is 0. The lowest BCUT2D eigenvalue weighted by Crippen LogP contribution is -2.20. The maximum atomic E-state index is 12.1. The normalized spacial score (nSPS) is 17.5. The number of carbonyl (C=O) groups excluding carboxylic acids is 1. The molecule has 5 nitrogen and oxygen atoms in total. The number of rotatable bonds is 5. The van der Waals surface area contributed by atoms with E-state index in [-0.39, 0.29) is 5.91 Å². The second kappa shape index (κ2) is 7.40. The molecule has 0 aliphatic carbocycles. The van der Waals surface area contributed by atoms with Crippen LogP contribution in [0.3, 0.4) is 0 Å². The third kappa shape index (κ3) is 3.71. The molecule has 2 heterocycles. The molecule has 6 heteroatoms. The Morgan fingerprint density at radius 3 is 2.62 bits per heavy atom. The molecule has 0 bridgehead atoms. The first-order chi connectivity index (χ1) is 11.7. The highest BCUT2D eigenvalue weighted by atomic mass is 32.2. The van der Waals surface area contributed by atoms with Crippen molar-refractivity contribution in [3.8, 4) is 0 Å². The average Bonchev–Trinajstić information content (AvgIpc) is 3.17. The van der Waals surface area contributed by atoms with Gasteiger partial charge in [-0.1, -0.05) is 18.2 Å². The largest absolute Gasteiger partial charge is 0.441 e. The summed E-state index contributed by atoms with van der Waals surface area (Å²) < 4.78 is 5.81. The van der Waals surface area contributed by atoms with Crippen molar-refractivity contribution in [3.63, 3.8) is 0 Å². The third-order valence-electron chi connectivity index (χ3n) is 3.60. The van der Waals surface area contributed by atoms with E-state index in [1.165, 1.54) is 11.8 Å². The first kappa shape index (κ1) is 16.4. The number of carbonyl (C=O) groups is 1. The molecule has 1 N–H and O–H groups in total. The van der Waals surface area contributed by atoms with Gasteiger partial charge in [0, 0.05) is 25.2 Å². The van der Waals surface area contributed by atoms with Crippen LogP contribution >= 0.6 is 11.8 Å². The van der Waals surface area contributed by atoms with E-state index in [0.717, 1.165) is 24.7 Å². The van der Waals surface area contributed by atoms with Crippen LogP contribution in [-0.2, 0) is 4.79 Å². The van der Waals surface area contributed by atoms with Gasteiger partial charge in [0.05, 0.1) is 10.6 Å². The number of amidine groups is 1. The Morgan fingerprint density at radius 1 is 1.17 bits per heavy atom. The molecule has 24 heavy (non-hydrogen) atoms. The molecule has 0 unspecified atom stereocenters. The van der Waals surface area contributed by atoms with Crippen LogP contribution in [0, 0.1) is 0 Å². The molecule has 1 aliphatic heterocycles. The Morgan fingerprint density at radius 2 is 1.92 bits per heavy atom.